The maximum atomic E-state index is 10.8. The summed E-state index contributed by atoms with van der Waals surface area (Å²) in [5.41, 5.74) is 9.24. The molecule has 0 saturated carbocycles. The molecule has 1 aromatic rings. The van der Waals surface area contributed by atoms with Gasteiger partial charge in [-0.2, -0.15) is 0 Å². The number of hydrogen-bond acceptors (Lipinski definition) is 3. The first-order valence-electron chi connectivity index (χ1n) is 6.90. The van der Waals surface area contributed by atoms with Crippen molar-refractivity contribution in [1.29, 1.82) is 0 Å². The number of benzene rings is 1. The molecule has 2 rings (SSSR count). The number of primary amides is 1. The normalized spacial score (nSPS) is 16.6. The van der Waals surface area contributed by atoms with Crippen molar-refractivity contribution < 1.29 is 4.79 Å². The monoisotopic (exact) mass is 261 g/mol. The van der Waals surface area contributed by atoms with E-state index in [1.165, 1.54) is 16.8 Å². The summed E-state index contributed by atoms with van der Waals surface area (Å²) in [5.74, 6) is -0.211. The summed E-state index contributed by atoms with van der Waals surface area (Å²) >= 11 is 0. The molecule has 0 radical (unpaired) electrons. The Morgan fingerprint density at radius 2 is 1.89 bits per heavy atom. The molecule has 4 heteroatoms. The SMILES string of the molecule is Cc1cccc(N2CCN(CCC(N)=O)CC2)c1C. The largest absolute Gasteiger partial charge is 0.370 e. The van der Waals surface area contributed by atoms with Gasteiger partial charge in [-0.1, -0.05) is 12.1 Å². The zero-order valence-electron chi connectivity index (χ0n) is 11.9. The minimum atomic E-state index is -0.211. The van der Waals surface area contributed by atoms with Crippen LogP contribution in [0.1, 0.15) is 17.5 Å². The highest BCUT2D eigenvalue weighted by Gasteiger charge is 2.18. The molecule has 0 aliphatic carbocycles. The first-order chi connectivity index (χ1) is 9.08. The van der Waals surface area contributed by atoms with Gasteiger partial charge in [-0.05, 0) is 31.0 Å². The summed E-state index contributed by atoms with van der Waals surface area (Å²) in [6, 6.07) is 6.47. The molecule has 1 aliphatic rings. The van der Waals surface area contributed by atoms with Gasteiger partial charge in [0, 0.05) is 44.8 Å². The molecule has 0 spiro atoms. The molecule has 1 amide bonds. The fourth-order valence-corrected chi connectivity index (χ4v) is 2.56. The number of nitrogens with zero attached hydrogens (tertiary/aromatic N) is 2. The van der Waals surface area contributed by atoms with Crippen molar-refractivity contribution in [1.82, 2.24) is 4.90 Å². The Morgan fingerprint density at radius 1 is 1.21 bits per heavy atom. The van der Waals surface area contributed by atoms with Gasteiger partial charge in [0.2, 0.25) is 5.91 Å². The maximum absolute atomic E-state index is 10.8. The number of aryl methyl sites for hydroxylation is 1. The Bertz CT molecular complexity index is 451. The van der Waals surface area contributed by atoms with E-state index < -0.39 is 0 Å². The molecule has 1 aromatic carbocycles. The first-order valence-corrected chi connectivity index (χ1v) is 6.90. The second kappa shape index (κ2) is 6.06. The van der Waals surface area contributed by atoms with Crippen LogP contribution in [0.4, 0.5) is 5.69 Å². The van der Waals surface area contributed by atoms with E-state index in [0.29, 0.717) is 6.42 Å². The van der Waals surface area contributed by atoms with Crippen molar-refractivity contribution in [3.05, 3.63) is 29.3 Å². The summed E-state index contributed by atoms with van der Waals surface area (Å²) in [6.07, 6.45) is 0.462. The molecule has 4 nitrogen and oxygen atoms in total. The fourth-order valence-electron chi connectivity index (χ4n) is 2.56. The number of nitrogens with two attached hydrogens (primary N) is 1. The number of carbonyl (C=O) groups excluding carboxylic acids is 1. The molecule has 1 fully saturated rings. The van der Waals surface area contributed by atoms with Crippen LogP contribution in [0.3, 0.4) is 0 Å². The molecule has 0 unspecified atom stereocenters. The molecular formula is C15H23N3O. The third-order valence-corrected chi connectivity index (χ3v) is 3.96. The van der Waals surface area contributed by atoms with Gasteiger partial charge >= 0.3 is 0 Å². The number of rotatable bonds is 4. The van der Waals surface area contributed by atoms with Gasteiger partial charge < -0.3 is 10.6 Å². The highest BCUT2D eigenvalue weighted by molar-refractivity contribution is 5.73. The summed E-state index contributed by atoms with van der Waals surface area (Å²) in [7, 11) is 0. The van der Waals surface area contributed by atoms with Crippen molar-refractivity contribution in [2.24, 2.45) is 5.73 Å². The Kier molecular flexibility index (Phi) is 4.43. The summed E-state index contributed by atoms with van der Waals surface area (Å²) < 4.78 is 0. The molecule has 1 saturated heterocycles. The van der Waals surface area contributed by atoms with E-state index in [-0.39, 0.29) is 5.91 Å². The van der Waals surface area contributed by atoms with E-state index in [4.69, 9.17) is 5.73 Å². The van der Waals surface area contributed by atoms with Crippen LogP contribution < -0.4 is 10.6 Å². The Hall–Kier alpha value is -1.55. The van der Waals surface area contributed by atoms with Crippen molar-refractivity contribution in [3.63, 3.8) is 0 Å². The number of piperazine rings is 1. The second-order valence-corrected chi connectivity index (χ2v) is 5.26. The van der Waals surface area contributed by atoms with Gasteiger partial charge in [-0.25, -0.2) is 0 Å². The lowest BCUT2D eigenvalue weighted by atomic mass is 10.1. The lowest BCUT2D eigenvalue weighted by Gasteiger charge is -2.36. The quantitative estimate of drug-likeness (QED) is 0.889. The van der Waals surface area contributed by atoms with Crippen molar-refractivity contribution in [2.75, 3.05) is 37.6 Å². The molecule has 104 valence electrons. The van der Waals surface area contributed by atoms with Crippen LogP contribution in [-0.4, -0.2) is 43.5 Å². The van der Waals surface area contributed by atoms with Crippen molar-refractivity contribution in [3.8, 4) is 0 Å². The standard InChI is InChI=1S/C15H23N3O/c1-12-4-3-5-14(13(12)2)18-10-8-17(9-11-18)7-6-15(16)19/h3-5H,6-11H2,1-2H3,(H2,16,19). The van der Waals surface area contributed by atoms with E-state index in [1.807, 2.05) is 0 Å². The highest BCUT2D eigenvalue weighted by atomic mass is 16.1. The van der Waals surface area contributed by atoms with Gasteiger partial charge in [-0.3, -0.25) is 9.69 Å². The predicted molar refractivity (Wildman–Crippen MR) is 78.4 cm³/mol. The van der Waals surface area contributed by atoms with E-state index >= 15 is 0 Å². The molecule has 1 heterocycles. The van der Waals surface area contributed by atoms with E-state index in [1.54, 1.807) is 0 Å². The fraction of sp³-hybridized carbons (Fsp3) is 0.533. The third kappa shape index (κ3) is 3.47. The molecule has 0 aromatic heterocycles. The minimum absolute atomic E-state index is 0.211. The van der Waals surface area contributed by atoms with Gasteiger partial charge in [0.1, 0.15) is 0 Å². The number of amides is 1. The second-order valence-electron chi connectivity index (χ2n) is 5.26. The first kappa shape index (κ1) is 13.9. The maximum Gasteiger partial charge on any atom is 0.218 e. The molecule has 1 aliphatic heterocycles. The van der Waals surface area contributed by atoms with Crippen LogP contribution in [0.5, 0.6) is 0 Å². The average molecular weight is 261 g/mol. The van der Waals surface area contributed by atoms with Gasteiger partial charge in [-0.15, -0.1) is 0 Å². The smallest absolute Gasteiger partial charge is 0.218 e. The highest BCUT2D eigenvalue weighted by Crippen LogP contribution is 2.23. The minimum Gasteiger partial charge on any atom is -0.370 e. The Balaban J connectivity index is 1.92. The van der Waals surface area contributed by atoms with Crippen LogP contribution in [0, 0.1) is 13.8 Å². The number of anilines is 1. The van der Waals surface area contributed by atoms with Crippen LogP contribution in [0.25, 0.3) is 0 Å². The van der Waals surface area contributed by atoms with E-state index in [2.05, 4.69) is 41.8 Å². The number of carbonyl (C=O) groups is 1. The molecular weight excluding hydrogens is 238 g/mol. The molecule has 2 N–H and O–H groups in total. The lowest BCUT2D eigenvalue weighted by Crippen LogP contribution is -2.47. The number of hydrogen-bond donors (Lipinski definition) is 1. The van der Waals surface area contributed by atoms with Crippen LogP contribution >= 0.6 is 0 Å². The Labute approximate surface area is 115 Å². The van der Waals surface area contributed by atoms with Gasteiger partial charge in [0.05, 0.1) is 0 Å². The zero-order chi connectivity index (χ0) is 13.8. The molecule has 0 atom stereocenters. The van der Waals surface area contributed by atoms with Crippen molar-refractivity contribution in [2.45, 2.75) is 20.3 Å². The Morgan fingerprint density at radius 3 is 2.53 bits per heavy atom. The predicted octanol–water partition coefficient (Wildman–Crippen LogP) is 1.30. The van der Waals surface area contributed by atoms with Crippen LogP contribution in [0.2, 0.25) is 0 Å². The zero-order valence-corrected chi connectivity index (χ0v) is 11.9. The van der Waals surface area contributed by atoms with Crippen molar-refractivity contribution >= 4 is 11.6 Å². The third-order valence-electron chi connectivity index (χ3n) is 3.96. The van der Waals surface area contributed by atoms with Gasteiger partial charge in [0.15, 0.2) is 0 Å². The van der Waals surface area contributed by atoms with E-state index in [9.17, 15) is 4.79 Å². The van der Waals surface area contributed by atoms with Gasteiger partial charge in [0.25, 0.3) is 0 Å². The van der Waals surface area contributed by atoms with Crippen LogP contribution in [0.15, 0.2) is 18.2 Å². The molecule has 19 heavy (non-hydrogen) atoms. The summed E-state index contributed by atoms with van der Waals surface area (Å²) in [4.78, 5) is 15.5. The average Bonchev–Trinajstić information content (AvgIpc) is 2.40. The van der Waals surface area contributed by atoms with Crippen LogP contribution in [-0.2, 0) is 4.79 Å². The van der Waals surface area contributed by atoms with E-state index in [0.717, 1.165) is 32.7 Å². The topological polar surface area (TPSA) is 49.6 Å². The molecule has 0 bridgehead atoms. The lowest BCUT2D eigenvalue weighted by molar-refractivity contribution is -0.118. The summed E-state index contributed by atoms with van der Waals surface area (Å²) in [6.45, 7) is 9.16. The summed E-state index contributed by atoms with van der Waals surface area (Å²) in [5, 5.41) is 0.